The third kappa shape index (κ3) is 9.13. The number of phenolic OH excluding ortho intramolecular Hbond substituents is 1. The Kier molecular flexibility index (Phi) is 14.8. The van der Waals surface area contributed by atoms with E-state index in [1.54, 1.807) is 27.7 Å². The number of esters is 1. The van der Waals surface area contributed by atoms with Gasteiger partial charge in [0, 0.05) is 62.0 Å². The molecular formula is C48H65NO22. The van der Waals surface area contributed by atoms with E-state index in [9.17, 15) is 60.0 Å². The number of hydrogen-bond acceptors (Lipinski definition) is 22. The molecule has 4 saturated heterocycles. The largest absolute Gasteiger partial charge is 0.507 e. The summed E-state index contributed by atoms with van der Waals surface area (Å²) in [6.07, 6.45) is -21.3. The number of aliphatic hydroxyl groups is 7. The standard InChI is InChI=1S/C48H65NO22/c1-17-13-29(70-31-15-27(62-8)36(51)20(4)65-31)47(60)35-34(41(56)44(67-22(6)50)48(47,61)42(17)57)40(55)33-24(39(35)54)10-9-23(38(33)53)26-14-28(37(52)19(3)63-26)68-32-16-46(7,59)43(21(5)66-32)71-30-12-11-25(18(2)64-30)69-45(49)58/h9-10,13,18-21,25-32,36-37,41-44,51-53,56-57,59-61H,11-12,14-16H2,1-8H3,(H2,49,58)/t18-,19-,20+,21-,25+,26-,27-,28-,29+,30+,31-,32+,36-,37-,41+,42+,43-,44+,46+,47-,48+/m1/s1. The van der Waals surface area contributed by atoms with Crippen molar-refractivity contribution in [2.45, 2.75) is 208 Å². The van der Waals surface area contributed by atoms with Gasteiger partial charge in [0.15, 0.2) is 47.7 Å². The molecule has 0 radical (unpaired) electrons. The number of carbonyl (C=O) groups excluding carboxylic acids is 4. The molecule has 0 aromatic heterocycles. The molecule has 0 unspecified atom stereocenters. The number of aromatic hydroxyl groups is 1. The summed E-state index contributed by atoms with van der Waals surface area (Å²) in [6.45, 7) is 10.3. The zero-order valence-electron chi connectivity index (χ0n) is 40.5. The van der Waals surface area contributed by atoms with Gasteiger partial charge in [-0.2, -0.15) is 0 Å². The van der Waals surface area contributed by atoms with Crippen LogP contribution < -0.4 is 5.73 Å². The Bertz CT molecular complexity index is 2320. The fraction of sp³-hybridized carbons (Fsp3) is 0.708. The lowest BCUT2D eigenvalue weighted by Crippen LogP contribution is -2.80. The fourth-order valence-corrected chi connectivity index (χ4v) is 11.5. The van der Waals surface area contributed by atoms with Gasteiger partial charge in [-0.25, -0.2) is 4.79 Å². The number of nitrogens with two attached hydrogens (primary N) is 1. The van der Waals surface area contributed by atoms with Gasteiger partial charge in [0.05, 0.1) is 53.9 Å². The van der Waals surface area contributed by atoms with Gasteiger partial charge >= 0.3 is 12.1 Å². The number of aliphatic hydroxyl groups excluding tert-OH is 4. The van der Waals surface area contributed by atoms with E-state index in [4.69, 9.17) is 53.1 Å². The molecule has 0 saturated carbocycles. The Morgan fingerprint density at radius 3 is 2.04 bits per heavy atom. The summed E-state index contributed by atoms with van der Waals surface area (Å²) in [4.78, 5) is 53.9. The maximum atomic E-state index is 15.0. The molecule has 0 bridgehead atoms. The van der Waals surface area contributed by atoms with Crippen LogP contribution in [0.25, 0.3) is 0 Å². The van der Waals surface area contributed by atoms with Crippen LogP contribution in [-0.2, 0) is 52.2 Å². The predicted octanol–water partition coefficient (Wildman–Crippen LogP) is -0.0910. The van der Waals surface area contributed by atoms with Crippen molar-refractivity contribution in [3.63, 3.8) is 0 Å². The molecule has 8 rings (SSSR count). The highest BCUT2D eigenvalue weighted by Crippen LogP contribution is 2.56. The second-order valence-corrected chi connectivity index (χ2v) is 20.0. The highest BCUT2D eigenvalue weighted by molar-refractivity contribution is 6.29. The molecule has 1 aromatic carbocycles. The number of benzene rings is 1. The molecule has 4 fully saturated rings. The first kappa shape index (κ1) is 53.3. The summed E-state index contributed by atoms with van der Waals surface area (Å²) < 4.78 is 58.8. The van der Waals surface area contributed by atoms with Gasteiger partial charge in [-0.1, -0.05) is 12.1 Å². The number of hydrogen-bond donors (Lipinski definition) is 9. The lowest BCUT2D eigenvalue weighted by Gasteiger charge is -2.59. The first-order chi connectivity index (χ1) is 33.2. The van der Waals surface area contributed by atoms with Crippen LogP contribution in [0.4, 0.5) is 4.79 Å². The molecule has 7 aliphatic rings. The number of ketones is 2. The smallest absolute Gasteiger partial charge is 0.404 e. The Labute approximate surface area is 408 Å². The van der Waals surface area contributed by atoms with Crippen molar-refractivity contribution in [1.82, 2.24) is 0 Å². The highest BCUT2D eigenvalue weighted by atomic mass is 16.7. The SMILES string of the molecule is CO[C@@H]1C[C@@H](O[C@H]2C=C(C)[C@H](O)[C@]3(O)[C@@H](OC(C)=O)[C@@H](O)C4=C(C(=O)c5ccc([C@H]6C[C@@H](O[C@H]7C[C@](C)(O)[C@H](O[C@H]8CC[C@H](OC(N)=O)[C@@H](C)O8)[C@@H](C)O7)[C@H](O)[C@@H](C)O6)c(O)c5C4=O)[C@]23O)O[C@@H](C)[C@H]1O. The Hall–Kier alpha value is -4.02. The average molecular weight is 1010 g/mol. The van der Waals surface area contributed by atoms with Crippen molar-refractivity contribution in [2.75, 3.05) is 7.11 Å². The monoisotopic (exact) mass is 1010 g/mol. The normalized spacial score (nSPS) is 44.7. The second kappa shape index (κ2) is 19.7. The first-order valence-electron chi connectivity index (χ1n) is 23.8. The van der Waals surface area contributed by atoms with E-state index in [-0.39, 0.29) is 30.4 Å². The minimum Gasteiger partial charge on any atom is -0.507 e. The first-order valence-corrected chi connectivity index (χ1v) is 23.8. The van der Waals surface area contributed by atoms with Gasteiger partial charge in [-0.3, -0.25) is 14.4 Å². The molecule has 1 aromatic rings. The van der Waals surface area contributed by atoms with E-state index in [1.807, 2.05) is 0 Å². The molecule has 71 heavy (non-hydrogen) atoms. The number of amides is 1. The van der Waals surface area contributed by atoms with Crippen molar-refractivity contribution in [1.29, 1.82) is 0 Å². The quantitative estimate of drug-likeness (QED) is 0.109. The molecule has 4 heterocycles. The van der Waals surface area contributed by atoms with Crippen LogP contribution in [0.15, 0.2) is 34.9 Å². The van der Waals surface area contributed by atoms with Crippen LogP contribution in [-0.4, -0.2) is 193 Å². The van der Waals surface area contributed by atoms with Crippen molar-refractivity contribution in [3.8, 4) is 5.75 Å². The van der Waals surface area contributed by atoms with Gasteiger partial charge in [0.1, 0.15) is 48.5 Å². The second-order valence-electron chi connectivity index (χ2n) is 20.0. The van der Waals surface area contributed by atoms with Gasteiger partial charge in [-0.05, 0) is 59.6 Å². The van der Waals surface area contributed by atoms with Gasteiger partial charge < -0.3 is 94.0 Å². The van der Waals surface area contributed by atoms with Crippen LogP contribution in [0.3, 0.4) is 0 Å². The zero-order valence-corrected chi connectivity index (χ0v) is 40.5. The van der Waals surface area contributed by atoms with E-state index in [0.717, 1.165) is 6.92 Å². The van der Waals surface area contributed by atoms with Crippen molar-refractivity contribution >= 4 is 23.6 Å². The molecule has 21 atom stereocenters. The van der Waals surface area contributed by atoms with Crippen LogP contribution in [0.2, 0.25) is 0 Å². The molecule has 23 heteroatoms. The van der Waals surface area contributed by atoms with Crippen molar-refractivity contribution in [3.05, 3.63) is 51.6 Å². The lowest BCUT2D eigenvalue weighted by atomic mass is 9.54. The van der Waals surface area contributed by atoms with Crippen molar-refractivity contribution < 1.29 is 107 Å². The van der Waals surface area contributed by atoms with Crippen molar-refractivity contribution in [2.24, 2.45) is 5.73 Å². The summed E-state index contributed by atoms with van der Waals surface area (Å²) in [5.74, 6) is -4.28. The maximum Gasteiger partial charge on any atom is 0.404 e. The van der Waals surface area contributed by atoms with Crippen LogP contribution in [0.1, 0.15) is 113 Å². The maximum absolute atomic E-state index is 15.0. The third-order valence-corrected chi connectivity index (χ3v) is 15.1. The van der Waals surface area contributed by atoms with E-state index in [2.05, 4.69) is 0 Å². The van der Waals surface area contributed by atoms with Crippen LogP contribution in [0.5, 0.6) is 5.75 Å². The fourth-order valence-electron chi connectivity index (χ4n) is 11.5. The van der Waals surface area contributed by atoms with E-state index in [1.165, 1.54) is 39.2 Å². The number of fused-ring (bicyclic) bond motifs is 3. The molecule has 10 N–H and O–H groups in total. The molecule has 4 aliphatic heterocycles. The van der Waals surface area contributed by atoms with E-state index >= 15 is 0 Å². The Morgan fingerprint density at radius 2 is 1.41 bits per heavy atom. The van der Waals surface area contributed by atoms with E-state index < -0.39 is 179 Å². The number of rotatable bonds is 10. The third-order valence-electron chi connectivity index (χ3n) is 15.1. The van der Waals surface area contributed by atoms with Crippen LogP contribution >= 0.6 is 0 Å². The summed E-state index contributed by atoms with van der Waals surface area (Å²) in [5.41, 5.74) is -5.72. The predicted molar refractivity (Wildman–Crippen MR) is 237 cm³/mol. The number of methoxy groups -OCH3 is 1. The topological polar surface area (TPSA) is 348 Å². The molecule has 0 spiro atoms. The molecular weight excluding hydrogens is 943 g/mol. The minimum absolute atomic E-state index is 0.0450. The molecule has 3 aliphatic carbocycles. The Balaban J connectivity index is 1.07. The molecule has 394 valence electrons. The summed E-state index contributed by atoms with van der Waals surface area (Å²) in [5, 5.41) is 95.2. The highest BCUT2D eigenvalue weighted by Gasteiger charge is 2.74. The van der Waals surface area contributed by atoms with Gasteiger partial charge in [0.2, 0.25) is 0 Å². The summed E-state index contributed by atoms with van der Waals surface area (Å²) in [7, 11) is 1.35. The number of primary amides is 1. The Morgan fingerprint density at radius 1 is 0.761 bits per heavy atom. The summed E-state index contributed by atoms with van der Waals surface area (Å²) >= 11 is 0. The lowest BCUT2D eigenvalue weighted by molar-refractivity contribution is -0.336. The molecule has 1 amide bonds. The average Bonchev–Trinajstić information content (AvgIpc) is 3.28. The number of carbonyl (C=O) groups is 4. The molecule has 23 nitrogen and oxygen atoms in total. The zero-order chi connectivity index (χ0) is 52.0. The van der Waals surface area contributed by atoms with Gasteiger partial charge in [-0.15, -0.1) is 0 Å². The number of Topliss-reactive ketones (excluding diaryl/α,β-unsaturated/α-hetero) is 2. The van der Waals surface area contributed by atoms with E-state index in [0.29, 0.717) is 12.8 Å². The minimum atomic E-state index is -3.18. The van der Waals surface area contributed by atoms with Crippen LogP contribution in [0, 0.1) is 0 Å². The van der Waals surface area contributed by atoms with Gasteiger partial charge in [0.25, 0.3) is 0 Å². The number of phenols is 1. The summed E-state index contributed by atoms with van der Waals surface area (Å²) in [6, 6.07) is 2.46. The number of ether oxygens (including phenoxy) is 10.